The van der Waals surface area contributed by atoms with Crippen molar-refractivity contribution in [3.8, 4) is 22.6 Å². The predicted octanol–water partition coefficient (Wildman–Crippen LogP) is 6.80. The lowest BCUT2D eigenvalue weighted by atomic mass is 9.67. The van der Waals surface area contributed by atoms with Gasteiger partial charge in [0.2, 0.25) is 0 Å². The number of pyridine rings is 1. The second-order valence-corrected chi connectivity index (χ2v) is 9.26. The quantitative estimate of drug-likeness (QED) is 0.450. The zero-order chi connectivity index (χ0) is 20.6. The van der Waals surface area contributed by atoms with Crippen molar-refractivity contribution in [2.24, 2.45) is 5.92 Å². The van der Waals surface area contributed by atoms with E-state index in [1.54, 1.807) is 6.20 Å². The van der Waals surface area contributed by atoms with E-state index in [1.165, 1.54) is 18.4 Å². The molecule has 0 spiro atoms. The molecule has 3 heteroatoms. The minimum Gasteiger partial charge on any atom is -0.507 e. The van der Waals surface area contributed by atoms with E-state index < -0.39 is 0 Å². The van der Waals surface area contributed by atoms with Crippen LogP contribution in [0.3, 0.4) is 0 Å². The van der Waals surface area contributed by atoms with Crippen LogP contribution in [0.1, 0.15) is 76.8 Å². The van der Waals surface area contributed by atoms with E-state index in [1.807, 2.05) is 18.3 Å². The molecule has 1 aromatic heterocycles. The maximum atomic E-state index is 11.6. The van der Waals surface area contributed by atoms with E-state index >= 15 is 0 Å². The molecule has 0 amide bonds. The van der Waals surface area contributed by atoms with Crippen molar-refractivity contribution >= 4 is 0 Å². The van der Waals surface area contributed by atoms with Crippen LogP contribution in [0.15, 0.2) is 42.2 Å². The number of aryl methyl sites for hydroxylation is 1. The van der Waals surface area contributed by atoms with Crippen molar-refractivity contribution in [1.82, 2.24) is 4.98 Å². The summed E-state index contributed by atoms with van der Waals surface area (Å²) in [7, 11) is 0. The molecule has 2 aromatic rings. The van der Waals surface area contributed by atoms with Gasteiger partial charge in [-0.05, 0) is 64.2 Å². The van der Waals surface area contributed by atoms with Gasteiger partial charge in [-0.1, -0.05) is 37.5 Å². The molecule has 0 saturated carbocycles. The Morgan fingerprint density at radius 2 is 2.10 bits per heavy atom. The third kappa shape index (κ3) is 3.68. The Bertz CT molecular complexity index is 914. The van der Waals surface area contributed by atoms with E-state index in [9.17, 15) is 5.11 Å². The highest BCUT2D eigenvalue weighted by Crippen LogP contribution is 2.55. The first-order valence-corrected chi connectivity index (χ1v) is 11.1. The number of unbranched alkanes of at least 4 members (excludes halogenated alkanes) is 2. The number of phenolic OH excluding ortho intramolecular Hbond substituents is 1. The van der Waals surface area contributed by atoms with Gasteiger partial charge in [0.25, 0.3) is 0 Å². The van der Waals surface area contributed by atoms with Crippen molar-refractivity contribution in [2.75, 3.05) is 0 Å². The maximum Gasteiger partial charge on any atom is 0.131 e. The molecule has 0 unspecified atom stereocenters. The summed E-state index contributed by atoms with van der Waals surface area (Å²) in [5.41, 5.74) is 5.21. The molecule has 0 saturated heterocycles. The fraction of sp³-hybridized carbons (Fsp3) is 0.500. The lowest BCUT2D eigenvalue weighted by Crippen LogP contribution is -2.45. The van der Waals surface area contributed by atoms with Crippen molar-refractivity contribution in [1.29, 1.82) is 0 Å². The van der Waals surface area contributed by atoms with E-state index in [2.05, 4.69) is 44.8 Å². The van der Waals surface area contributed by atoms with Crippen LogP contribution in [0, 0.1) is 5.92 Å². The predicted molar refractivity (Wildman–Crippen MR) is 118 cm³/mol. The number of rotatable bonds is 5. The zero-order valence-electron chi connectivity index (χ0n) is 18.2. The topological polar surface area (TPSA) is 42.4 Å². The lowest BCUT2D eigenvalue weighted by Gasteiger charge is -2.46. The first-order valence-electron chi connectivity index (χ1n) is 11.1. The van der Waals surface area contributed by atoms with Gasteiger partial charge in [0.1, 0.15) is 17.1 Å². The number of aromatic nitrogens is 1. The fourth-order valence-electron chi connectivity index (χ4n) is 5.21. The molecule has 1 aliphatic carbocycles. The summed E-state index contributed by atoms with van der Waals surface area (Å²) in [6.07, 6.45) is 12.6. The molecule has 0 bridgehead atoms. The highest BCUT2D eigenvalue weighted by atomic mass is 16.5. The summed E-state index contributed by atoms with van der Waals surface area (Å²) in [4.78, 5) is 4.31. The Balaban J connectivity index is 1.91. The highest BCUT2D eigenvalue weighted by molar-refractivity contribution is 5.78. The number of phenols is 1. The first kappa shape index (κ1) is 20.0. The van der Waals surface area contributed by atoms with Crippen LogP contribution in [-0.2, 0) is 6.42 Å². The number of aromatic hydroxyl groups is 1. The molecule has 0 fully saturated rings. The number of ether oxygens (including phenoxy) is 1. The third-order valence-electron chi connectivity index (χ3n) is 6.73. The highest BCUT2D eigenvalue weighted by Gasteiger charge is 2.45. The third-order valence-corrected chi connectivity index (χ3v) is 6.73. The van der Waals surface area contributed by atoms with Crippen LogP contribution in [0.5, 0.6) is 11.5 Å². The van der Waals surface area contributed by atoms with Gasteiger partial charge in [-0.15, -0.1) is 0 Å². The van der Waals surface area contributed by atoms with Crippen molar-refractivity contribution in [2.45, 2.75) is 77.7 Å². The summed E-state index contributed by atoms with van der Waals surface area (Å²) >= 11 is 0. The number of hydrogen-bond acceptors (Lipinski definition) is 3. The molecule has 1 aromatic carbocycles. The van der Waals surface area contributed by atoms with E-state index in [4.69, 9.17) is 4.74 Å². The molecule has 4 rings (SSSR count). The van der Waals surface area contributed by atoms with Crippen molar-refractivity contribution in [3.63, 3.8) is 0 Å². The molecule has 29 heavy (non-hydrogen) atoms. The first-order chi connectivity index (χ1) is 13.9. The normalized spacial score (nSPS) is 22.3. The molecule has 2 atom stereocenters. The second-order valence-electron chi connectivity index (χ2n) is 9.26. The summed E-state index contributed by atoms with van der Waals surface area (Å²) in [6, 6.07) is 6.19. The Morgan fingerprint density at radius 3 is 2.83 bits per heavy atom. The molecule has 1 aliphatic heterocycles. The summed E-state index contributed by atoms with van der Waals surface area (Å²) < 4.78 is 6.54. The average molecular weight is 392 g/mol. The van der Waals surface area contributed by atoms with Gasteiger partial charge in [-0.2, -0.15) is 0 Å². The number of fused-ring (bicyclic) bond motifs is 3. The fourth-order valence-corrected chi connectivity index (χ4v) is 5.21. The van der Waals surface area contributed by atoms with Gasteiger partial charge in [0.15, 0.2) is 0 Å². The van der Waals surface area contributed by atoms with Gasteiger partial charge in [-0.25, -0.2) is 0 Å². The molecular formula is C26H33NO2. The standard InChI is InChI=1S/C26H33NO2/c1-5-6-7-9-18-15-22-24(25(28)23(18)19-10-8-13-27-16-19)20-14-17(2)11-12-21(20)26(3,4)29-22/h8,10,13-16,20-21,28H,5-7,9,11-12H2,1-4H3/t20-,21-/m1/s1. The van der Waals surface area contributed by atoms with Gasteiger partial charge in [0, 0.05) is 40.9 Å². The largest absolute Gasteiger partial charge is 0.507 e. The molecule has 0 radical (unpaired) electrons. The maximum absolute atomic E-state index is 11.6. The van der Waals surface area contributed by atoms with E-state index in [-0.39, 0.29) is 11.5 Å². The van der Waals surface area contributed by atoms with Crippen LogP contribution in [-0.4, -0.2) is 15.7 Å². The molecule has 2 aliphatic rings. The van der Waals surface area contributed by atoms with E-state index in [0.717, 1.165) is 53.7 Å². The van der Waals surface area contributed by atoms with Gasteiger partial charge in [0.05, 0.1) is 0 Å². The zero-order valence-corrected chi connectivity index (χ0v) is 18.2. The smallest absolute Gasteiger partial charge is 0.131 e. The van der Waals surface area contributed by atoms with Crippen molar-refractivity contribution < 1.29 is 9.84 Å². The summed E-state index contributed by atoms with van der Waals surface area (Å²) in [6.45, 7) is 8.82. The van der Waals surface area contributed by atoms with Crippen LogP contribution >= 0.6 is 0 Å². The van der Waals surface area contributed by atoms with Crippen LogP contribution in [0.4, 0.5) is 0 Å². The lowest BCUT2D eigenvalue weighted by molar-refractivity contribution is 0.0108. The molecule has 3 nitrogen and oxygen atoms in total. The Morgan fingerprint density at radius 1 is 1.28 bits per heavy atom. The minimum absolute atomic E-state index is 0.197. The summed E-state index contributed by atoms with van der Waals surface area (Å²) in [5.74, 6) is 1.82. The monoisotopic (exact) mass is 391 g/mol. The van der Waals surface area contributed by atoms with Crippen LogP contribution < -0.4 is 4.74 Å². The Labute approximate surface area is 174 Å². The molecule has 1 N–H and O–H groups in total. The van der Waals surface area contributed by atoms with Gasteiger partial charge >= 0.3 is 0 Å². The molecule has 154 valence electrons. The van der Waals surface area contributed by atoms with Gasteiger partial charge in [-0.3, -0.25) is 4.98 Å². The SMILES string of the molecule is CCCCCc1cc2c(c(O)c1-c1cccnc1)[C@@H]1C=C(C)CC[C@H]1C(C)(C)O2. The second kappa shape index (κ2) is 7.85. The van der Waals surface area contributed by atoms with Crippen LogP contribution in [0.2, 0.25) is 0 Å². The minimum atomic E-state index is -0.238. The number of benzene rings is 1. The Hall–Kier alpha value is -2.29. The number of nitrogens with zero attached hydrogens (tertiary/aromatic N) is 1. The molecule has 2 heterocycles. The van der Waals surface area contributed by atoms with Gasteiger partial charge < -0.3 is 9.84 Å². The molecular weight excluding hydrogens is 358 g/mol. The average Bonchev–Trinajstić information content (AvgIpc) is 2.68. The van der Waals surface area contributed by atoms with Crippen molar-refractivity contribution in [3.05, 3.63) is 53.4 Å². The number of hydrogen-bond donors (Lipinski definition) is 1. The number of allylic oxidation sites excluding steroid dienone is 2. The Kier molecular flexibility index (Phi) is 5.42. The van der Waals surface area contributed by atoms with Crippen LogP contribution in [0.25, 0.3) is 11.1 Å². The summed E-state index contributed by atoms with van der Waals surface area (Å²) in [5, 5.41) is 11.6. The van der Waals surface area contributed by atoms with E-state index in [0.29, 0.717) is 11.7 Å².